The van der Waals surface area contributed by atoms with E-state index in [1.54, 1.807) is 13.8 Å². The molecule has 1 rings (SSSR count). The van der Waals surface area contributed by atoms with Crippen molar-refractivity contribution in [2.75, 3.05) is 11.9 Å². The summed E-state index contributed by atoms with van der Waals surface area (Å²) in [6.45, 7) is 4.79. The molecule has 0 saturated carbocycles. The fourth-order valence-electron chi connectivity index (χ4n) is 1.93. The topological polar surface area (TPSA) is 105 Å². The molecule has 7 nitrogen and oxygen atoms in total. The third kappa shape index (κ3) is 5.93. The van der Waals surface area contributed by atoms with Crippen LogP contribution in [0.4, 0.5) is 14.9 Å². The van der Waals surface area contributed by atoms with Gasteiger partial charge in [0, 0.05) is 11.7 Å². The lowest BCUT2D eigenvalue weighted by Gasteiger charge is -2.29. The van der Waals surface area contributed by atoms with Gasteiger partial charge in [-0.2, -0.15) is 0 Å². The molecule has 0 aliphatic carbocycles. The van der Waals surface area contributed by atoms with Crippen LogP contribution < -0.4 is 16.4 Å². The third-order valence-corrected chi connectivity index (χ3v) is 3.08. The lowest BCUT2D eigenvalue weighted by molar-refractivity contribution is -0.137. The number of carbonyl (C=O) groups excluding carboxylic acids is 3. The number of benzene rings is 1. The van der Waals surface area contributed by atoms with Gasteiger partial charge in [0.15, 0.2) is 0 Å². The number of nitrogens with zero attached hydrogens (tertiary/aromatic N) is 1. The Labute approximate surface area is 134 Å². The zero-order chi connectivity index (χ0) is 17.6. The minimum absolute atomic E-state index is 0.196. The van der Waals surface area contributed by atoms with E-state index >= 15 is 0 Å². The molecule has 4 N–H and O–H groups in total. The average molecular weight is 324 g/mol. The van der Waals surface area contributed by atoms with Crippen molar-refractivity contribution >= 4 is 23.5 Å². The van der Waals surface area contributed by atoms with Crippen LogP contribution in [0.3, 0.4) is 0 Å². The molecule has 1 aromatic rings. The van der Waals surface area contributed by atoms with Crippen LogP contribution in [0.2, 0.25) is 0 Å². The summed E-state index contributed by atoms with van der Waals surface area (Å²) in [5.74, 6) is -1.26. The van der Waals surface area contributed by atoms with Gasteiger partial charge in [0.1, 0.15) is 18.4 Å². The number of primary amides is 1. The molecular weight excluding hydrogens is 303 g/mol. The average Bonchev–Trinajstić information content (AvgIpc) is 2.45. The number of amides is 4. The first-order chi connectivity index (χ1) is 10.7. The van der Waals surface area contributed by atoms with Gasteiger partial charge in [-0.1, -0.05) is 0 Å². The molecule has 0 spiro atoms. The Hall–Kier alpha value is -2.64. The quantitative estimate of drug-likeness (QED) is 0.728. The highest BCUT2D eigenvalue weighted by molar-refractivity contribution is 5.95. The highest BCUT2D eigenvalue weighted by Crippen LogP contribution is 2.09. The van der Waals surface area contributed by atoms with Gasteiger partial charge in [-0.15, -0.1) is 0 Å². The summed E-state index contributed by atoms with van der Waals surface area (Å²) in [6, 6.07) is 3.38. The summed E-state index contributed by atoms with van der Waals surface area (Å²) in [4.78, 5) is 36.5. The highest BCUT2D eigenvalue weighted by atomic mass is 19.1. The summed E-state index contributed by atoms with van der Waals surface area (Å²) in [6.07, 6.45) is 0. The lowest BCUT2D eigenvalue weighted by atomic mass is 10.2. The largest absolute Gasteiger partial charge is 0.352 e. The second kappa shape index (κ2) is 8.11. The Morgan fingerprint density at radius 1 is 1.17 bits per heavy atom. The first-order valence-corrected chi connectivity index (χ1v) is 7.12. The van der Waals surface area contributed by atoms with Gasteiger partial charge in [-0.25, -0.2) is 9.18 Å². The fourth-order valence-corrected chi connectivity index (χ4v) is 1.93. The summed E-state index contributed by atoms with van der Waals surface area (Å²) in [7, 11) is 0. The molecule has 1 aromatic carbocycles. The molecule has 0 radical (unpaired) electrons. The smallest absolute Gasteiger partial charge is 0.312 e. The molecule has 0 saturated heterocycles. The van der Waals surface area contributed by atoms with Crippen LogP contribution in [-0.4, -0.2) is 41.4 Å². The summed E-state index contributed by atoms with van der Waals surface area (Å²) >= 11 is 0. The first kappa shape index (κ1) is 18.4. The number of hydrogen-bond acceptors (Lipinski definition) is 3. The van der Waals surface area contributed by atoms with Crippen molar-refractivity contribution < 1.29 is 18.8 Å². The molecule has 0 aliphatic heterocycles. The van der Waals surface area contributed by atoms with Gasteiger partial charge in [0.25, 0.3) is 0 Å². The summed E-state index contributed by atoms with van der Waals surface area (Å²) in [5.41, 5.74) is 5.42. The van der Waals surface area contributed by atoms with Gasteiger partial charge in [-0.3, -0.25) is 9.59 Å². The molecule has 0 heterocycles. The van der Waals surface area contributed by atoms with Crippen LogP contribution in [0, 0.1) is 5.82 Å². The van der Waals surface area contributed by atoms with E-state index in [2.05, 4.69) is 10.6 Å². The Morgan fingerprint density at radius 3 is 2.22 bits per heavy atom. The number of carbonyl (C=O) groups is 3. The SMILES string of the molecule is CC(C)N(CC(=O)Nc1ccc(F)cc1)C(=O)[C@H](C)NC(N)=O. The first-order valence-electron chi connectivity index (χ1n) is 7.12. The lowest BCUT2D eigenvalue weighted by Crippen LogP contribution is -2.52. The van der Waals surface area contributed by atoms with Crippen molar-refractivity contribution in [2.45, 2.75) is 32.9 Å². The second-order valence-corrected chi connectivity index (χ2v) is 5.35. The van der Waals surface area contributed by atoms with Crippen LogP contribution in [-0.2, 0) is 9.59 Å². The molecule has 4 amide bonds. The summed E-state index contributed by atoms with van der Waals surface area (Å²) < 4.78 is 12.8. The van der Waals surface area contributed by atoms with Crippen molar-refractivity contribution in [1.29, 1.82) is 0 Å². The molecule has 8 heteroatoms. The molecular formula is C15H21FN4O3. The maximum absolute atomic E-state index is 12.8. The van der Waals surface area contributed by atoms with E-state index in [1.165, 1.54) is 36.1 Å². The highest BCUT2D eigenvalue weighted by Gasteiger charge is 2.25. The maximum Gasteiger partial charge on any atom is 0.312 e. The van der Waals surface area contributed by atoms with E-state index in [0.717, 1.165) is 0 Å². The number of rotatable bonds is 6. The number of anilines is 1. The number of halogens is 1. The monoisotopic (exact) mass is 324 g/mol. The van der Waals surface area contributed by atoms with E-state index < -0.39 is 29.7 Å². The van der Waals surface area contributed by atoms with E-state index in [-0.39, 0.29) is 12.6 Å². The van der Waals surface area contributed by atoms with Crippen molar-refractivity contribution in [2.24, 2.45) is 5.73 Å². The minimum atomic E-state index is -0.839. The van der Waals surface area contributed by atoms with Crippen LogP contribution >= 0.6 is 0 Å². The number of nitrogens with one attached hydrogen (secondary N) is 2. The van der Waals surface area contributed by atoms with Crippen LogP contribution in [0.15, 0.2) is 24.3 Å². The van der Waals surface area contributed by atoms with Crippen molar-refractivity contribution in [3.05, 3.63) is 30.1 Å². The Kier molecular flexibility index (Phi) is 6.49. The molecule has 23 heavy (non-hydrogen) atoms. The van der Waals surface area contributed by atoms with Gasteiger partial charge < -0.3 is 21.3 Å². The molecule has 0 unspecified atom stereocenters. The van der Waals surface area contributed by atoms with E-state index in [0.29, 0.717) is 5.69 Å². The van der Waals surface area contributed by atoms with Crippen molar-refractivity contribution in [1.82, 2.24) is 10.2 Å². The van der Waals surface area contributed by atoms with Gasteiger partial charge >= 0.3 is 6.03 Å². The number of hydrogen-bond donors (Lipinski definition) is 3. The van der Waals surface area contributed by atoms with Gasteiger partial charge in [-0.05, 0) is 45.0 Å². The molecule has 1 atom stereocenters. The summed E-state index contributed by atoms with van der Waals surface area (Å²) in [5, 5.41) is 4.86. The van der Waals surface area contributed by atoms with Crippen LogP contribution in [0.5, 0.6) is 0 Å². The Balaban J connectivity index is 2.71. The zero-order valence-corrected chi connectivity index (χ0v) is 13.3. The zero-order valence-electron chi connectivity index (χ0n) is 13.3. The van der Waals surface area contributed by atoms with E-state index in [1.807, 2.05) is 0 Å². The standard InChI is InChI=1S/C15H21FN4O3/c1-9(2)20(14(22)10(3)18-15(17)23)8-13(21)19-12-6-4-11(16)5-7-12/h4-7,9-10H,8H2,1-3H3,(H,19,21)(H3,17,18,23)/t10-/m0/s1. The second-order valence-electron chi connectivity index (χ2n) is 5.35. The molecule has 126 valence electrons. The van der Waals surface area contributed by atoms with Gasteiger partial charge in [0.2, 0.25) is 11.8 Å². The third-order valence-electron chi connectivity index (χ3n) is 3.08. The van der Waals surface area contributed by atoms with E-state index in [9.17, 15) is 18.8 Å². The Bertz CT molecular complexity index is 575. The number of nitrogens with two attached hydrogens (primary N) is 1. The fraction of sp³-hybridized carbons (Fsp3) is 0.400. The normalized spacial score (nSPS) is 11.7. The minimum Gasteiger partial charge on any atom is -0.352 e. The van der Waals surface area contributed by atoms with Crippen LogP contribution in [0.1, 0.15) is 20.8 Å². The van der Waals surface area contributed by atoms with Crippen LogP contribution in [0.25, 0.3) is 0 Å². The molecule has 0 fully saturated rings. The molecule has 0 aliphatic rings. The predicted octanol–water partition coefficient (Wildman–Crippen LogP) is 1.06. The molecule has 0 bridgehead atoms. The van der Waals surface area contributed by atoms with Gasteiger partial charge in [0.05, 0.1) is 0 Å². The number of urea groups is 1. The van der Waals surface area contributed by atoms with E-state index in [4.69, 9.17) is 5.73 Å². The molecule has 0 aromatic heterocycles. The Morgan fingerprint density at radius 2 is 1.74 bits per heavy atom. The maximum atomic E-state index is 12.8. The predicted molar refractivity (Wildman–Crippen MR) is 84.1 cm³/mol. The van der Waals surface area contributed by atoms with Crippen molar-refractivity contribution in [3.8, 4) is 0 Å². The van der Waals surface area contributed by atoms with Crippen molar-refractivity contribution in [3.63, 3.8) is 0 Å².